The molecular weight excluding hydrogens is 264 g/mol. The lowest BCUT2D eigenvalue weighted by atomic mass is 10.2. The van der Waals surface area contributed by atoms with E-state index in [0.717, 1.165) is 36.9 Å². The first-order chi connectivity index (χ1) is 9.29. The van der Waals surface area contributed by atoms with Crippen LogP contribution in [0.25, 0.3) is 0 Å². The van der Waals surface area contributed by atoms with Gasteiger partial charge in [-0.25, -0.2) is 0 Å². The summed E-state index contributed by atoms with van der Waals surface area (Å²) in [6.45, 7) is 1.97. The van der Waals surface area contributed by atoms with E-state index in [1.165, 1.54) is 6.20 Å². The van der Waals surface area contributed by atoms with Gasteiger partial charge in [0.25, 0.3) is 5.91 Å². The van der Waals surface area contributed by atoms with Gasteiger partial charge >= 0.3 is 0 Å². The highest BCUT2D eigenvalue weighted by atomic mass is 32.2. The topological polar surface area (TPSA) is 86.5 Å². The minimum atomic E-state index is -0.380. The zero-order valence-corrected chi connectivity index (χ0v) is 11.3. The smallest absolute Gasteiger partial charge is 0.263 e. The monoisotopic (exact) mass is 280 g/mol. The summed E-state index contributed by atoms with van der Waals surface area (Å²) >= 11 is 1.57. The molecule has 0 aromatic heterocycles. The largest absolute Gasteiger partial charge is 0.376 e. The number of amides is 1. The molecule has 2 aliphatic heterocycles. The fourth-order valence-corrected chi connectivity index (χ4v) is 2.51. The lowest BCUT2D eigenvalue weighted by Crippen LogP contribution is -2.33. The third-order valence-corrected chi connectivity index (χ3v) is 3.71. The van der Waals surface area contributed by atoms with Crippen molar-refractivity contribution in [2.45, 2.75) is 18.9 Å². The number of nitrogens with one attached hydrogen (secondary N) is 2. The first-order valence-electron chi connectivity index (χ1n) is 6.23. The minimum absolute atomic E-state index is 0.0493. The molecule has 0 radical (unpaired) electrons. The van der Waals surface area contributed by atoms with Crippen LogP contribution >= 0.6 is 11.8 Å². The third-order valence-electron chi connectivity index (χ3n) is 2.80. The molecule has 2 heterocycles. The highest BCUT2D eigenvalue weighted by Gasteiger charge is 2.17. The van der Waals surface area contributed by atoms with E-state index >= 15 is 0 Å². The van der Waals surface area contributed by atoms with Gasteiger partial charge in [-0.2, -0.15) is 5.26 Å². The van der Waals surface area contributed by atoms with Crippen molar-refractivity contribution in [2.24, 2.45) is 4.99 Å². The van der Waals surface area contributed by atoms with Crippen molar-refractivity contribution in [2.75, 3.05) is 25.4 Å². The second kappa shape index (κ2) is 7.16. The van der Waals surface area contributed by atoms with Crippen LogP contribution in [0.2, 0.25) is 0 Å². The number of nitriles is 1. The highest BCUT2D eigenvalue weighted by molar-refractivity contribution is 8.14. The molecule has 0 spiro atoms. The summed E-state index contributed by atoms with van der Waals surface area (Å²) in [4.78, 5) is 16.0. The van der Waals surface area contributed by atoms with Crippen molar-refractivity contribution in [3.05, 3.63) is 11.8 Å². The molecule has 1 saturated heterocycles. The Kier molecular flexibility index (Phi) is 5.24. The minimum Gasteiger partial charge on any atom is -0.376 e. The Bertz CT molecular complexity index is 436. The molecule has 6 nitrogen and oxygen atoms in total. The van der Waals surface area contributed by atoms with Crippen LogP contribution in [0, 0.1) is 11.3 Å². The van der Waals surface area contributed by atoms with E-state index in [-0.39, 0.29) is 17.6 Å². The number of hydrogen-bond acceptors (Lipinski definition) is 6. The number of ether oxygens (including phenoxy) is 1. The van der Waals surface area contributed by atoms with E-state index in [1.54, 1.807) is 11.8 Å². The van der Waals surface area contributed by atoms with Gasteiger partial charge in [-0.05, 0) is 12.8 Å². The summed E-state index contributed by atoms with van der Waals surface area (Å²) in [6.07, 6.45) is 3.46. The van der Waals surface area contributed by atoms with E-state index in [1.807, 2.05) is 6.07 Å². The van der Waals surface area contributed by atoms with Crippen LogP contribution in [0.3, 0.4) is 0 Å². The number of carbonyl (C=O) groups excluding carboxylic acids is 1. The highest BCUT2D eigenvalue weighted by Crippen LogP contribution is 2.11. The molecule has 2 aliphatic rings. The maximum atomic E-state index is 11.8. The van der Waals surface area contributed by atoms with Crippen molar-refractivity contribution < 1.29 is 9.53 Å². The lowest BCUT2D eigenvalue weighted by Gasteiger charge is -2.10. The second-order valence-electron chi connectivity index (χ2n) is 4.19. The Hall–Kier alpha value is -1.52. The number of rotatable bonds is 4. The number of aliphatic imine (C=N–C) groups is 1. The number of nitrogens with zero attached hydrogens (tertiary/aromatic N) is 2. The number of amidine groups is 1. The van der Waals surface area contributed by atoms with Gasteiger partial charge in [-0.3, -0.25) is 9.79 Å². The third kappa shape index (κ3) is 4.26. The Balaban J connectivity index is 1.80. The zero-order valence-electron chi connectivity index (χ0n) is 10.5. The molecule has 2 rings (SSSR count). The summed E-state index contributed by atoms with van der Waals surface area (Å²) in [5, 5.41) is 15.3. The summed E-state index contributed by atoms with van der Waals surface area (Å²) in [7, 11) is 0. The molecule has 7 heteroatoms. The first kappa shape index (κ1) is 13.9. The Morgan fingerprint density at radius 3 is 3.21 bits per heavy atom. The molecule has 0 bridgehead atoms. The molecule has 102 valence electrons. The van der Waals surface area contributed by atoms with Crippen LogP contribution in [0.15, 0.2) is 16.8 Å². The maximum Gasteiger partial charge on any atom is 0.263 e. The van der Waals surface area contributed by atoms with Crippen LogP contribution in [0.5, 0.6) is 0 Å². The van der Waals surface area contributed by atoms with Crippen molar-refractivity contribution in [3.63, 3.8) is 0 Å². The van der Waals surface area contributed by atoms with E-state index in [4.69, 9.17) is 10.00 Å². The number of carbonyl (C=O) groups is 1. The van der Waals surface area contributed by atoms with Gasteiger partial charge in [0, 0.05) is 25.1 Å². The lowest BCUT2D eigenvalue weighted by molar-refractivity contribution is -0.117. The Labute approximate surface area is 116 Å². The molecule has 2 N–H and O–H groups in total. The normalized spacial score (nSPS) is 22.8. The molecule has 19 heavy (non-hydrogen) atoms. The SMILES string of the molecule is N#C/C(=C/NC1=NCCS1)C(=O)NCC1CCCO1. The molecule has 0 aromatic rings. The van der Waals surface area contributed by atoms with Gasteiger partial charge < -0.3 is 15.4 Å². The molecule has 1 fully saturated rings. The molecule has 1 unspecified atom stereocenters. The summed E-state index contributed by atoms with van der Waals surface area (Å²) in [5.74, 6) is 0.553. The molecule has 0 aromatic carbocycles. The predicted octanol–water partition coefficient (Wildman–Crippen LogP) is 0.381. The van der Waals surface area contributed by atoms with Gasteiger partial charge in [-0.1, -0.05) is 11.8 Å². The molecule has 0 aliphatic carbocycles. The summed E-state index contributed by atoms with van der Waals surface area (Å²) in [5.41, 5.74) is 0.0493. The fraction of sp³-hybridized carbons (Fsp3) is 0.583. The van der Waals surface area contributed by atoms with Crippen LogP contribution < -0.4 is 10.6 Å². The van der Waals surface area contributed by atoms with Crippen molar-refractivity contribution >= 4 is 22.8 Å². The standard InChI is InChI=1S/C12H16N4O2S/c13-6-9(7-16-12-14-3-5-19-12)11(17)15-8-10-2-1-4-18-10/h7,10H,1-5,8H2,(H,14,16)(H,15,17)/b9-7-. The predicted molar refractivity (Wildman–Crippen MR) is 73.6 cm³/mol. The van der Waals surface area contributed by atoms with E-state index < -0.39 is 0 Å². The maximum absolute atomic E-state index is 11.8. The first-order valence-corrected chi connectivity index (χ1v) is 7.22. The molecule has 0 saturated carbocycles. The van der Waals surface area contributed by atoms with Gasteiger partial charge in [0.15, 0.2) is 5.17 Å². The number of thioether (sulfide) groups is 1. The summed E-state index contributed by atoms with van der Waals surface area (Å²) in [6, 6.07) is 1.88. The molecule has 1 atom stereocenters. The van der Waals surface area contributed by atoms with Crippen molar-refractivity contribution in [3.8, 4) is 6.07 Å². The number of hydrogen-bond donors (Lipinski definition) is 2. The second-order valence-corrected chi connectivity index (χ2v) is 5.28. The summed E-state index contributed by atoms with van der Waals surface area (Å²) < 4.78 is 5.40. The van der Waals surface area contributed by atoms with Crippen LogP contribution in [-0.4, -0.2) is 42.6 Å². The van der Waals surface area contributed by atoms with Gasteiger partial charge in [0.2, 0.25) is 0 Å². The Morgan fingerprint density at radius 2 is 2.58 bits per heavy atom. The van der Waals surface area contributed by atoms with Crippen molar-refractivity contribution in [1.82, 2.24) is 10.6 Å². The van der Waals surface area contributed by atoms with E-state index in [0.29, 0.717) is 6.54 Å². The molecule has 1 amide bonds. The van der Waals surface area contributed by atoms with Gasteiger partial charge in [-0.15, -0.1) is 0 Å². The van der Waals surface area contributed by atoms with Crippen LogP contribution in [0.1, 0.15) is 12.8 Å². The van der Waals surface area contributed by atoms with E-state index in [9.17, 15) is 4.79 Å². The average Bonchev–Trinajstić information content (AvgIpc) is 3.10. The average molecular weight is 280 g/mol. The fourth-order valence-electron chi connectivity index (χ4n) is 1.81. The zero-order chi connectivity index (χ0) is 13.5. The quantitative estimate of drug-likeness (QED) is 0.574. The van der Waals surface area contributed by atoms with Crippen LogP contribution in [0.4, 0.5) is 0 Å². The van der Waals surface area contributed by atoms with Crippen LogP contribution in [-0.2, 0) is 9.53 Å². The van der Waals surface area contributed by atoms with Crippen molar-refractivity contribution in [1.29, 1.82) is 5.26 Å². The Morgan fingerprint density at radius 1 is 1.68 bits per heavy atom. The molecular formula is C12H16N4O2S. The van der Waals surface area contributed by atoms with Gasteiger partial charge in [0.05, 0.1) is 12.6 Å². The van der Waals surface area contributed by atoms with Gasteiger partial charge in [0.1, 0.15) is 11.6 Å². The van der Waals surface area contributed by atoms with E-state index in [2.05, 4.69) is 15.6 Å².